The summed E-state index contributed by atoms with van der Waals surface area (Å²) in [6, 6.07) is 8.28. The van der Waals surface area contributed by atoms with Crippen molar-refractivity contribution in [3.63, 3.8) is 0 Å². The largest absolute Gasteiger partial charge is 0.346 e. The highest BCUT2D eigenvalue weighted by Gasteiger charge is 2.11. The predicted molar refractivity (Wildman–Crippen MR) is 104 cm³/mol. The average molecular weight is 403 g/mol. The van der Waals surface area contributed by atoms with Crippen LogP contribution in [0.5, 0.6) is 0 Å². The third-order valence-electron chi connectivity index (χ3n) is 4.25. The summed E-state index contributed by atoms with van der Waals surface area (Å²) in [6.07, 6.45) is 2.01. The minimum Gasteiger partial charge on any atom is -0.346 e. The molecule has 0 aliphatic rings. The molecule has 8 nitrogen and oxygen atoms in total. The Labute approximate surface area is 166 Å². The van der Waals surface area contributed by atoms with E-state index in [1.807, 2.05) is 19.2 Å². The van der Waals surface area contributed by atoms with Crippen molar-refractivity contribution in [3.8, 4) is 11.3 Å². The summed E-state index contributed by atoms with van der Waals surface area (Å²) in [5.74, 6) is 0.443. The van der Waals surface area contributed by atoms with Crippen LogP contribution in [0.15, 0.2) is 35.5 Å². The maximum atomic E-state index is 13.3. The Morgan fingerprint density at radius 3 is 2.96 bits per heavy atom. The second-order valence-corrected chi connectivity index (χ2v) is 7.45. The van der Waals surface area contributed by atoms with Crippen molar-refractivity contribution < 1.29 is 9.18 Å². The van der Waals surface area contributed by atoms with Crippen molar-refractivity contribution in [2.75, 3.05) is 19.3 Å². The average Bonchev–Trinajstić information content (AvgIpc) is 3.31. The number of H-pyrrole nitrogens is 1. The highest BCUT2D eigenvalue weighted by molar-refractivity contribution is 7.99. The van der Waals surface area contributed by atoms with Crippen LogP contribution in [0.2, 0.25) is 0 Å². The van der Waals surface area contributed by atoms with Crippen molar-refractivity contribution in [1.29, 1.82) is 0 Å². The molecule has 0 aliphatic carbocycles. The number of carbonyl (C=O) groups is 1. The molecule has 1 aromatic carbocycles. The number of hydrogen-bond donors (Lipinski definition) is 1. The molecule has 10 heteroatoms. The van der Waals surface area contributed by atoms with E-state index in [1.165, 1.54) is 23.9 Å². The van der Waals surface area contributed by atoms with E-state index < -0.39 is 0 Å². The van der Waals surface area contributed by atoms with Gasteiger partial charge < -0.3 is 4.90 Å². The number of aromatic amines is 1. The summed E-state index contributed by atoms with van der Waals surface area (Å²) in [5, 5.41) is 19.1. The SMILES string of the molecule is CN(CCCc1cc(-c2cccc(F)c2)n[nH]1)C(=O)CCSc1nnnn1C. The van der Waals surface area contributed by atoms with Gasteiger partial charge in [-0.05, 0) is 41.5 Å². The van der Waals surface area contributed by atoms with E-state index in [0.717, 1.165) is 24.1 Å². The minimum absolute atomic E-state index is 0.0905. The van der Waals surface area contributed by atoms with Crippen molar-refractivity contribution in [2.24, 2.45) is 7.05 Å². The number of nitrogens with zero attached hydrogens (tertiary/aromatic N) is 6. The number of carbonyl (C=O) groups excluding carboxylic acids is 1. The molecule has 2 heterocycles. The maximum Gasteiger partial charge on any atom is 0.223 e. The van der Waals surface area contributed by atoms with Crippen molar-refractivity contribution >= 4 is 17.7 Å². The van der Waals surface area contributed by atoms with Gasteiger partial charge in [0.05, 0.1) is 5.69 Å². The second kappa shape index (κ2) is 9.45. The molecule has 3 rings (SSSR count). The van der Waals surface area contributed by atoms with Gasteiger partial charge in [0.25, 0.3) is 0 Å². The summed E-state index contributed by atoms with van der Waals surface area (Å²) in [7, 11) is 3.58. The smallest absolute Gasteiger partial charge is 0.223 e. The fraction of sp³-hybridized carbons (Fsp3) is 0.389. The molecule has 1 N–H and O–H groups in total. The molecule has 0 bridgehead atoms. The number of benzene rings is 1. The van der Waals surface area contributed by atoms with Crippen molar-refractivity contribution in [1.82, 2.24) is 35.3 Å². The van der Waals surface area contributed by atoms with Crippen LogP contribution < -0.4 is 0 Å². The fourth-order valence-corrected chi connectivity index (χ4v) is 3.46. The first-order chi connectivity index (χ1) is 13.5. The highest BCUT2D eigenvalue weighted by Crippen LogP contribution is 2.19. The van der Waals surface area contributed by atoms with Crippen LogP contribution in [0.3, 0.4) is 0 Å². The van der Waals surface area contributed by atoms with E-state index in [-0.39, 0.29) is 11.7 Å². The lowest BCUT2D eigenvalue weighted by atomic mass is 10.1. The third-order valence-corrected chi connectivity index (χ3v) is 5.26. The molecule has 0 spiro atoms. The molecule has 148 valence electrons. The predicted octanol–water partition coefficient (Wildman–Crippen LogP) is 2.31. The molecule has 0 aliphatic heterocycles. The Morgan fingerprint density at radius 1 is 1.36 bits per heavy atom. The van der Waals surface area contributed by atoms with Gasteiger partial charge in [0.1, 0.15) is 5.82 Å². The van der Waals surface area contributed by atoms with Crippen LogP contribution >= 0.6 is 11.8 Å². The maximum absolute atomic E-state index is 13.3. The standard InChI is InChI=1S/C18H22FN7OS/c1-25(17(27)8-10-28-18-22-23-24-26(18)2)9-4-7-15-12-16(21-20-15)13-5-3-6-14(19)11-13/h3,5-6,11-12H,4,7-10H2,1-2H3,(H,20,21). The highest BCUT2D eigenvalue weighted by atomic mass is 32.2. The minimum atomic E-state index is -0.282. The van der Waals surface area contributed by atoms with Gasteiger partial charge in [-0.1, -0.05) is 23.9 Å². The summed E-state index contributed by atoms with van der Waals surface area (Å²) >= 11 is 1.46. The molecule has 0 unspecified atom stereocenters. The van der Waals surface area contributed by atoms with Gasteiger partial charge in [0.15, 0.2) is 0 Å². The van der Waals surface area contributed by atoms with Gasteiger partial charge in [-0.3, -0.25) is 9.89 Å². The lowest BCUT2D eigenvalue weighted by Crippen LogP contribution is -2.28. The number of halogens is 1. The zero-order valence-corrected chi connectivity index (χ0v) is 16.6. The monoisotopic (exact) mass is 403 g/mol. The first-order valence-corrected chi connectivity index (χ1v) is 9.91. The van der Waals surface area contributed by atoms with Crippen LogP contribution in [0, 0.1) is 5.82 Å². The zero-order chi connectivity index (χ0) is 19.9. The number of tetrazole rings is 1. The van der Waals surface area contributed by atoms with Crippen LogP contribution in [0.4, 0.5) is 4.39 Å². The fourth-order valence-electron chi connectivity index (χ4n) is 2.68. The molecule has 0 fully saturated rings. The van der Waals surface area contributed by atoms with Crippen LogP contribution in [-0.2, 0) is 18.3 Å². The normalized spacial score (nSPS) is 11.0. The molecule has 0 saturated carbocycles. The molecule has 2 aromatic heterocycles. The first-order valence-electron chi connectivity index (χ1n) is 8.92. The van der Waals surface area contributed by atoms with Gasteiger partial charge >= 0.3 is 0 Å². The molecule has 0 atom stereocenters. The first kappa shape index (κ1) is 20.0. The Morgan fingerprint density at radius 2 is 2.21 bits per heavy atom. The van der Waals surface area contributed by atoms with Crippen LogP contribution in [0.1, 0.15) is 18.5 Å². The number of aromatic nitrogens is 6. The topological polar surface area (TPSA) is 92.6 Å². The van der Waals surface area contributed by atoms with E-state index in [9.17, 15) is 9.18 Å². The molecule has 0 saturated heterocycles. The number of nitrogens with one attached hydrogen (secondary N) is 1. The summed E-state index contributed by atoms with van der Waals surface area (Å²) in [5.41, 5.74) is 2.42. The van der Waals surface area contributed by atoms with Crippen molar-refractivity contribution in [2.45, 2.75) is 24.4 Å². The van der Waals surface area contributed by atoms with Gasteiger partial charge in [-0.25, -0.2) is 9.07 Å². The summed E-state index contributed by atoms with van der Waals surface area (Å²) < 4.78 is 14.9. The van der Waals surface area contributed by atoms with E-state index in [4.69, 9.17) is 0 Å². The second-order valence-electron chi connectivity index (χ2n) is 6.39. The van der Waals surface area contributed by atoms with Gasteiger partial charge in [0.2, 0.25) is 11.1 Å². The van der Waals surface area contributed by atoms with Gasteiger partial charge in [-0.15, -0.1) is 5.10 Å². The molecular formula is C18H22FN7OS. The number of hydrogen-bond acceptors (Lipinski definition) is 6. The Kier molecular flexibility index (Phi) is 6.75. The third kappa shape index (κ3) is 5.38. The number of aryl methyl sites for hydroxylation is 2. The van der Waals surface area contributed by atoms with E-state index in [0.29, 0.717) is 29.6 Å². The summed E-state index contributed by atoms with van der Waals surface area (Å²) in [6.45, 7) is 0.656. The molecule has 1 amide bonds. The van der Waals surface area contributed by atoms with Gasteiger partial charge in [-0.2, -0.15) is 5.10 Å². The Hall–Kier alpha value is -2.75. The van der Waals surface area contributed by atoms with E-state index in [2.05, 4.69) is 25.7 Å². The van der Waals surface area contributed by atoms with Crippen LogP contribution in [0.25, 0.3) is 11.3 Å². The lowest BCUT2D eigenvalue weighted by molar-refractivity contribution is -0.129. The Bertz CT molecular complexity index is 926. The molecular weight excluding hydrogens is 381 g/mol. The van der Waals surface area contributed by atoms with E-state index in [1.54, 1.807) is 22.7 Å². The van der Waals surface area contributed by atoms with E-state index >= 15 is 0 Å². The lowest BCUT2D eigenvalue weighted by Gasteiger charge is -2.16. The zero-order valence-electron chi connectivity index (χ0n) is 15.8. The Balaban J connectivity index is 1.39. The number of thioether (sulfide) groups is 1. The molecule has 3 aromatic rings. The van der Waals surface area contributed by atoms with Crippen LogP contribution in [-0.4, -0.2) is 60.6 Å². The quantitative estimate of drug-likeness (QED) is 0.551. The number of rotatable bonds is 9. The van der Waals surface area contributed by atoms with Crippen molar-refractivity contribution in [3.05, 3.63) is 41.8 Å². The van der Waals surface area contributed by atoms with Gasteiger partial charge in [0, 0.05) is 44.1 Å². The summed E-state index contributed by atoms with van der Waals surface area (Å²) in [4.78, 5) is 14.0. The molecule has 28 heavy (non-hydrogen) atoms. The molecule has 0 radical (unpaired) electrons. The number of amides is 1.